The second kappa shape index (κ2) is 5.38. The number of fused-ring (bicyclic) bond motifs is 1. The van der Waals surface area contributed by atoms with E-state index in [0.717, 1.165) is 16.3 Å². The van der Waals surface area contributed by atoms with Crippen LogP contribution >= 0.6 is 0 Å². The molecule has 1 atom stereocenters. The van der Waals surface area contributed by atoms with Gasteiger partial charge in [0.25, 0.3) is 0 Å². The third-order valence-electron chi connectivity index (χ3n) is 4.09. The van der Waals surface area contributed by atoms with Crippen molar-refractivity contribution < 1.29 is 0 Å². The van der Waals surface area contributed by atoms with E-state index in [0.29, 0.717) is 0 Å². The topological polar surface area (TPSA) is 36.7 Å². The Morgan fingerprint density at radius 2 is 1.76 bits per heavy atom. The minimum atomic E-state index is 0.247. The van der Waals surface area contributed by atoms with Crippen molar-refractivity contribution in [3.63, 3.8) is 0 Å². The molecule has 0 N–H and O–H groups in total. The Hall–Kier alpha value is -2.66. The monoisotopic (exact) mass is 272 g/mol. The maximum absolute atomic E-state index is 9.27. The van der Waals surface area contributed by atoms with Crippen molar-refractivity contribution >= 4 is 10.8 Å². The fourth-order valence-corrected chi connectivity index (χ4v) is 2.89. The summed E-state index contributed by atoms with van der Waals surface area (Å²) in [6.07, 6.45) is 3.76. The van der Waals surface area contributed by atoms with Crippen LogP contribution in [-0.2, 0) is 0 Å². The van der Waals surface area contributed by atoms with Gasteiger partial charge in [-0.05, 0) is 46.5 Å². The molecule has 0 aliphatic carbocycles. The number of aryl methyl sites for hydroxylation is 1. The number of nitriles is 1. The zero-order chi connectivity index (χ0) is 14.8. The van der Waals surface area contributed by atoms with Crippen LogP contribution in [0.15, 0.2) is 54.9 Å². The quantitative estimate of drug-likeness (QED) is 0.685. The van der Waals surface area contributed by atoms with Crippen molar-refractivity contribution in [1.29, 1.82) is 5.26 Å². The summed E-state index contributed by atoms with van der Waals surface area (Å²) in [5.41, 5.74) is 4.43. The molecular weight excluding hydrogens is 256 g/mol. The van der Waals surface area contributed by atoms with Crippen LogP contribution in [0.3, 0.4) is 0 Å². The first-order valence-corrected chi connectivity index (χ1v) is 7.04. The number of benzene rings is 2. The van der Waals surface area contributed by atoms with Crippen LogP contribution in [0.2, 0.25) is 0 Å². The number of hydrogen-bond donors (Lipinski definition) is 0. The molecule has 1 aromatic heterocycles. The number of hydrogen-bond acceptors (Lipinski definition) is 2. The lowest BCUT2D eigenvalue weighted by molar-refractivity contribution is 0.907. The second-order valence-electron chi connectivity index (χ2n) is 5.31. The Bertz CT molecular complexity index is 844. The molecule has 0 spiro atoms. The molecule has 102 valence electrons. The lowest BCUT2D eigenvalue weighted by Crippen LogP contribution is -2.01. The maximum atomic E-state index is 9.27. The second-order valence-corrected chi connectivity index (χ2v) is 5.31. The lowest BCUT2D eigenvalue weighted by atomic mass is 9.87. The molecule has 2 aromatic carbocycles. The predicted octanol–water partition coefficient (Wildman–Crippen LogP) is 4.57. The highest BCUT2D eigenvalue weighted by Crippen LogP contribution is 2.32. The van der Waals surface area contributed by atoms with Crippen molar-refractivity contribution in [3.05, 3.63) is 77.1 Å². The van der Waals surface area contributed by atoms with Crippen LogP contribution < -0.4 is 0 Å². The molecule has 3 aromatic rings. The molecule has 0 aliphatic rings. The fourth-order valence-electron chi connectivity index (χ4n) is 2.89. The summed E-state index contributed by atoms with van der Waals surface area (Å²) in [5, 5.41) is 11.4. The largest absolute Gasteiger partial charge is 0.264 e. The Balaban J connectivity index is 2.22. The third-order valence-corrected chi connectivity index (χ3v) is 4.09. The number of nitrogens with zero attached hydrogens (tertiary/aromatic N) is 2. The molecule has 2 heteroatoms. The van der Waals surface area contributed by atoms with Gasteiger partial charge in [0, 0.05) is 18.3 Å². The lowest BCUT2D eigenvalue weighted by Gasteiger charge is -2.17. The summed E-state index contributed by atoms with van der Waals surface area (Å²) < 4.78 is 0. The van der Waals surface area contributed by atoms with Gasteiger partial charge in [-0.25, -0.2) is 0 Å². The molecule has 0 aliphatic heterocycles. The summed E-state index contributed by atoms with van der Waals surface area (Å²) in [5.74, 6) is 0.247. The molecule has 2 nitrogen and oxygen atoms in total. The van der Waals surface area contributed by atoms with Crippen LogP contribution in [-0.4, -0.2) is 4.98 Å². The molecule has 1 heterocycles. The highest BCUT2D eigenvalue weighted by Gasteiger charge is 2.15. The Kier molecular flexibility index (Phi) is 3.41. The number of rotatable bonds is 2. The highest BCUT2D eigenvalue weighted by atomic mass is 14.6. The van der Waals surface area contributed by atoms with Crippen molar-refractivity contribution in [2.75, 3.05) is 0 Å². The molecule has 0 amide bonds. The van der Waals surface area contributed by atoms with Gasteiger partial charge in [0.05, 0.1) is 11.6 Å². The average molecular weight is 272 g/mol. The zero-order valence-electron chi connectivity index (χ0n) is 12.2. The van der Waals surface area contributed by atoms with Gasteiger partial charge in [-0.2, -0.15) is 5.26 Å². The van der Waals surface area contributed by atoms with E-state index in [9.17, 15) is 5.26 Å². The zero-order valence-corrected chi connectivity index (χ0v) is 12.2. The van der Waals surface area contributed by atoms with Gasteiger partial charge in [0.1, 0.15) is 0 Å². The fraction of sp³-hybridized carbons (Fsp3) is 0.158. The molecule has 3 rings (SSSR count). The molecule has 0 radical (unpaired) electrons. The first-order valence-electron chi connectivity index (χ1n) is 7.04. The molecule has 21 heavy (non-hydrogen) atoms. The highest BCUT2D eigenvalue weighted by molar-refractivity contribution is 5.91. The van der Waals surface area contributed by atoms with Gasteiger partial charge in [-0.3, -0.25) is 4.98 Å². The standard InChI is InChI=1S/C19H16N2/c1-13-9-10-21-12-19(13)14(2)16-8-7-15(11-20)17-5-3-4-6-18(16)17/h3-10,12,14H,1-2H3. The molecule has 0 saturated carbocycles. The van der Waals surface area contributed by atoms with Gasteiger partial charge < -0.3 is 0 Å². The van der Waals surface area contributed by atoms with E-state index in [2.05, 4.69) is 37.0 Å². The van der Waals surface area contributed by atoms with E-state index in [4.69, 9.17) is 0 Å². The average Bonchev–Trinajstić information content (AvgIpc) is 2.53. The van der Waals surface area contributed by atoms with E-state index in [1.807, 2.05) is 42.7 Å². The smallest absolute Gasteiger partial charge is 0.0998 e. The molecule has 0 bridgehead atoms. The van der Waals surface area contributed by atoms with Crippen molar-refractivity contribution in [2.45, 2.75) is 19.8 Å². The van der Waals surface area contributed by atoms with Crippen LogP contribution in [0.4, 0.5) is 0 Å². The third kappa shape index (κ3) is 2.28. The van der Waals surface area contributed by atoms with Gasteiger partial charge in [0.2, 0.25) is 0 Å². The molecular formula is C19H16N2. The number of pyridine rings is 1. The van der Waals surface area contributed by atoms with Gasteiger partial charge >= 0.3 is 0 Å². The SMILES string of the molecule is Cc1ccncc1C(C)c1ccc(C#N)c2ccccc12. The maximum Gasteiger partial charge on any atom is 0.0998 e. The van der Waals surface area contributed by atoms with Crippen molar-refractivity contribution in [3.8, 4) is 6.07 Å². The van der Waals surface area contributed by atoms with Crippen LogP contribution in [0.25, 0.3) is 10.8 Å². The van der Waals surface area contributed by atoms with E-state index in [-0.39, 0.29) is 5.92 Å². The van der Waals surface area contributed by atoms with Crippen molar-refractivity contribution in [2.24, 2.45) is 0 Å². The normalized spacial score (nSPS) is 12.0. The first-order chi connectivity index (χ1) is 10.2. The molecule has 0 saturated heterocycles. The molecule has 0 fully saturated rings. The Labute approximate surface area is 124 Å². The van der Waals surface area contributed by atoms with E-state index in [1.165, 1.54) is 16.7 Å². The van der Waals surface area contributed by atoms with Crippen LogP contribution in [0, 0.1) is 18.3 Å². The summed E-state index contributed by atoms with van der Waals surface area (Å²) in [6, 6.07) is 16.4. The summed E-state index contributed by atoms with van der Waals surface area (Å²) in [6.45, 7) is 4.30. The summed E-state index contributed by atoms with van der Waals surface area (Å²) in [4.78, 5) is 4.25. The van der Waals surface area contributed by atoms with E-state index in [1.54, 1.807) is 0 Å². The number of aromatic nitrogens is 1. The van der Waals surface area contributed by atoms with Crippen LogP contribution in [0.5, 0.6) is 0 Å². The minimum absolute atomic E-state index is 0.247. The summed E-state index contributed by atoms with van der Waals surface area (Å²) >= 11 is 0. The Morgan fingerprint density at radius 1 is 1.00 bits per heavy atom. The molecule has 1 unspecified atom stereocenters. The summed E-state index contributed by atoms with van der Waals surface area (Å²) in [7, 11) is 0. The Morgan fingerprint density at radius 3 is 2.48 bits per heavy atom. The predicted molar refractivity (Wildman–Crippen MR) is 85.2 cm³/mol. The first kappa shape index (κ1) is 13.3. The van der Waals surface area contributed by atoms with Gasteiger partial charge in [-0.1, -0.05) is 37.3 Å². The van der Waals surface area contributed by atoms with Crippen molar-refractivity contribution in [1.82, 2.24) is 4.98 Å². The van der Waals surface area contributed by atoms with Gasteiger partial charge in [0.15, 0.2) is 0 Å². The van der Waals surface area contributed by atoms with Gasteiger partial charge in [-0.15, -0.1) is 0 Å². The minimum Gasteiger partial charge on any atom is -0.264 e. The van der Waals surface area contributed by atoms with Crippen LogP contribution in [0.1, 0.15) is 35.1 Å². The van der Waals surface area contributed by atoms with E-state index < -0.39 is 0 Å². The van der Waals surface area contributed by atoms with E-state index >= 15 is 0 Å².